The summed E-state index contributed by atoms with van der Waals surface area (Å²) in [6.07, 6.45) is 1.75. The van der Waals surface area contributed by atoms with E-state index in [1.165, 1.54) is 0 Å². The van der Waals surface area contributed by atoms with Crippen LogP contribution < -0.4 is 10.1 Å². The van der Waals surface area contributed by atoms with Crippen molar-refractivity contribution in [3.63, 3.8) is 0 Å². The number of hydrogen-bond acceptors (Lipinski definition) is 5. The minimum Gasteiger partial charge on any atom is -0.475 e. The van der Waals surface area contributed by atoms with Crippen molar-refractivity contribution in [3.05, 3.63) is 18.3 Å². The minimum atomic E-state index is 0.00272. The van der Waals surface area contributed by atoms with E-state index in [1.54, 1.807) is 6.20 Å². The predicted molar refractivity (Wildman–Crippen MR) is 82.1 cm³/mol. The number of rotatable bonds is 7. The first-order chi connectivity index (χ1) is 8.90. The summed E-state index contributed by atoms with van der Waals surface area (Å²) in [6.45, 7) is 9.10. The van der Waals surface area contributed by atoms with Crippen molar-refractivity contribution in [2.45, 2.75) is 38.5 Å². The number of thioether (sulfide) groups is 1. The molecule has 0 aliphatic carbocycles. The van der Waals surface area contributed by atoms with Gasteiger partial charge in [-0.15, -0.1) is 0 Å². The van der Waals surface area contributed by atoms with Crippen molar-refractivity contribution in [1.82, 2.24) is 4.98 Å². The summed E-state index contributed by atoms with van der Waals surface area (Å²) in [4.78, 5) is 4.18. The zero-order chi connectivity index (χ0) is 14.3. The zero-order valence-electron chi connectivity index (χ0n) is 12.1. The van der Waals surface area contributed by atoms with Gasteiger partial charge >= 0.3 is 0 Å². The molecular weight excluding hydrogens is 260 g/mol. The number of pyridine rings is 1. The van der Waals surface area contributed by atoms with Crippen LogP contribution in [-0.4, -0.2) is 39.8 Å². The average Bonchev–Trinajstić information content (AvgIpc) is 2.35. The Morgan fingerprint density at radius 2 is 2.16 bits per heavy atom. The minimum absolute atomic E-state index is 0.00272. The monoisotopic (exact) mass is 284 g/mol. The number of ether oxygens (including phenoxy) is 1. The van der Waals surface area contributed by atoms with Crippen LogP contribution in [0.1, 0.15) is 27.7 Å². The molecule has 1 atom stereocenters. The number of anilines is 1. The van der Waals surface area contributed by atoms with Gasteiger partial charge in [0.05, 0.1) is 18.5 Å². The maximum absolute atomic E-state index is 8.66. The van der Waals surface area contributed by atoms with E-state index in [9.17, 15) is 0 Å². The van der Waals surface area contributed by atoms with Gasteiger partial charge in [-0.1, -0.05) is 20.8 Å². The van der Waals surface area contributed by atoms with Crippen molar-refractivity contribution >= 4 is 17.4 Å². The van der Waals surface area contributed by atoms with Crippen LogP contribution in [0, 0.1) is 0 Å². The fourth-order valence-corrected chi connectivity index (χ4v) is 2.24. The van der Waals surface area contributed by atoms with Crippen molar-refractivity contribution in [3.8, 4) is 5.88 Å². The van der Waals surface area contributed by atoms with E-state index in [1.807, 2.05) is 23.9 Å². The molecule has 1 aromatic rings. The van der Waals surface area contributed by atoms with Gasteiger partial charge in [0.1, 0.15) is 6.61 Å². The molecular formula is C14H24N2O2S. The first-order valence-electron chi connectivity index (χ1n) is 6.51. The Bertz CT molecular complexity index is 363. The standard InChI is InChI=1S/C14H24N2O2S/c1-11(10-19-14(2,3)4)16-12-5-6-13(15-9-12)18-8-7-17/h5-6,9,11,16-17H,7-8,10H2,1-4H3. The summed E-state index contributed by atoms with van der Waals surface area (Å²) < 4.78 is 5.50. The lowest BCUT2D eigenvalue weighted by Crippen LogP contribution is -2.21. The van der Waals surface area contributed by atoms with Crippen molar-refractivity contribution in [2.75, 3.05) is 24.3 Å². The summed E-state index contributed by atoms with van der Waals surface area (Å²) in [6, 6.07) is 4.13. The molecule has 5 heteroatoms. The maximum Gasteiger partial charge on any atom is 0.213 e. The van der Waals surface area contributed by atoms with Gasteiger partial charge in [0.15, 0.2) is 0 Å². The summed E-state index contributed by atoms with van der Waals surface area (Å²) in [5, 5.41) is 12.1. The summed E-state index contributed by atoms with van der Waals surface area (Å²) in [7, 11) is 0. The number of aromatic nitrogens is 1. The Morgan fingerprint density at radius 1 is 1.42 bits per heavy atom. The molecule has 0 saturated heterocycles. The lowest BCUT2D eigenvalue weighted by Gasteiger charge is -2.21. The van der Waals surface area contributed by atoms with Gasteiger partial charge in [0, 0.05) is 22.6 Å². The first-order valence-corrected chi connectivity index (χ1v) is 7.49. The molecule has 2 N–H and O–H groups in total. The third kappa shape index (κ3) is 7.28. The molecule has 0 fully saturated rings. The Labute approximate surface area is 120 Å². The van der Waals surface area contributed by atoms with Crippen LogP contribution in [0.15, 0.2) is 18.3 Å². The maximum atomic E-state index is 8.66. The smallest absolute Gasteiger partial charge is 0.213 e. The Balaban J connectivity index is 2.40. The SMILES string of the molecule is CC(CSC(C)(C)C)Nc1ccc(OCCO)nc1. The third-order valence-corrected chi connectivity index (χ3v) is 3.79. The molecule has 1 heterocycles. The zero-order valence-corrected chi connectivity index (χ0v) is 13.0. The fraction of sp³-hybridized carbons (Fsp3) is 0.643. The molecule has 4 nitrogen and oxygen atoms in total. The van der Waals surface area contributed by atoms with E-state index < -0.39 is 0 Å². The fourth-order valence-electron chi connectivity index (χ4n) is 1.40. The van der Waals surface area contributed by atoms with Crippen molar-refractivity contribution in [2.24, 2.45) is 0 Å². The Morgan fingerprint density at radius 3 is 2.68 bits per heavy atom. The first kappa shape index (κ1) is 16.1. The van der Waals surface area contributed by atoms with Gasteiger partial charge in [-0.25, -0.2) is 4.98 Å². The van der Waals surface area contributed by atoms with Crippen molar-refractivity contribution < 1.29 is 9.84 Å². The molecule has 0 spiro atoms. The second-order valence-corrected chi connectivity index (χ2v) is 7.27. The quantitative estimate of drug-likeness (QED) is 0.806. The second-order valence-electron chi connectivity index (χ2n) is 5.43. The molecule has 108 valence electrons. The van der Waals surface area contributed by atoms with E-state index in [0.717, 1.165) is 11.4 Å². The van der Waals surface area contributed by atoms with E-state index >= 15 is 0 Å². The predicted octanol–water partition coefficient (Wildman–Crippen LogP) is 2.78. The van der Waals surface area contributed by atoms with Gasteiger partial charge in [0.2, 0.25) is 5.88 Å². The number of aliphatic hydroxyl groups is 1. The van der Waals surface area contributed by atoms with Gasteiger partial charge < -0.3 is 15.2 Å². The Hall–Kier alpha value is -0.940. The van der Waals surface area contributed by atoms with Crippen LogP contribution in [0.3, 0.4) is 0 Å². The van der Waals surface area contributed by atoms with Crippen molar-refractivity contribution in [1.29, 1.82) is 0 Å². The van der Waals surface area contributed by atoms with E-state index in [2.05, 4.69) is 38.0 Å². The van der Waals surface area contributed by atoms with Crippen LogP contribution in [0.5, 0.6) is 5.88 Å². The molecule has 0 bridgehead atoms. The van der Waals surface area contributed by atoms with Crippen LogP contribution in [-0.2, 0) is 0 Å². The number of hydrogen-bond donors (Lipinski definition) is 2. The highest BCUT2D eigenvalue weighted by Crippen LogP contribution is 2.24. The largest absolute Gasteiger partial charge is 0.475 e. The molecule has 1 aromatic heterocycles. The highest BCUT2D eigenvalue weighted by Gasteiger charge is 2.12. The molecule has 0 aliphatic rings. The molecule has 0 aliphatic heterocycles. The number of nitrogens with one attached hydrogen (secondary N) is 1. The second kappa shape index (κ2) is 7.60. The molecule has 1 unspecified atom stereocenters. The molecule has 0 radical (unpaired) electrons. The topological polar surface area (TPSA) is 54.4 Å². The Kier molecular flexibility index (Phi) is 6.45. The molecule has 0 aromatic carbocycles. The van der Waals surface area contributed by atoms with Crippen LogP contribution in [0.25, 0.3) is 0 Å². The molecule has 19 heavy (non-hydrogen) atoms. The van der Waals surface area contributed by atoms with E-state index in [-0.39, 0.29) is 18.0 Å². The van der Waals surface area contributed by atoms with Gasteiger partial charge in [-0.2, -0.15) is 11.8 Å². The number of nitrogens with zero attached hydrogens (tertiary/aromatic N) is 1. The number of aliphatic hydroxyl groups excluding tert-OH is 1. The van der Waals surface area contributed by atoms with Gasteiger partial charge in [-0.3, -0.25) is 0 Å². The molecule has 0 amide bonds. The van der Waals surface area contributed by atoms with Crippen LogP contribution >= 0.6 is 11.8 Å². The average molecular weight is 284 g/mol. The van der Waals surface area contributed by atoms with E-state index in [4.69, 9.17) is 9.84 Å². The highest BCUT2D eigenvalue weighted by molar-refractivity contribution is 8.00. The molecule has 0 saturated carbocycles. The lowest BCUT2D eigenvalue weighted by molar-refractivity contribution is 0.196. The lowest BCUT2D eigenvalue weighted by atomic mass is 10.3. The van der Waals surface area contributed by atoms with Gasteiger partial charge in [-0.05, 0) is 13.0 Å². The normalized spacial score (nSPS) is 13.1. The molecule has 1 rings (SSSR count). The van der Waals surface area contributed by atoms with Crippen LogP contribution in [0.4, 0.5) is 5.69 Å². The summed E-state index contributed by atoms with van der Waals surface area (Å²) in [5.74, 6) is 1.59. The third-order valence-electron chi connectivity index (χ3n) is 2.26. The highest BCUT2D eigenvalue weighted by atomic mass is 32.2. The van der Waals surface area contributed by atoms with Gasteiger partial charge in [0.25, 0.3) is 0 Å². The summed E-state index contributed by atoms with van der Waals surface area (Å²) >= 11 is 1.94. The van der Waals surface area contributed by atoms with E-state index in [0.29, 0.717) is 11.9 Å². The van der Waals surface area contributed by atoms with Crippen LogP contribution in [0.2, 0.25) is 0 Å². The summed E-state index contributed by atoms with van der Waals surface area (Å²) in [5.41, 5.74) is 0.985.